The van der Waals surface area contributed by atoms with Crippen molar-refractivity contribution in [1.29, 1.82) is 5.26 Å². The molecule has 0 saturated carbocycles. The van der Waals surface area contributed by atoms with Gasteiger partial charge < -0.3 is 9.47 Å². The molecule has 0 radical (unpaired) electrons. The van der Waals surface area contributed by atoms with E-state index in [1.807, 2.05) is 0 Å². The summed E-state index contributed by atoms with van der Waals surface area (Å²) in [6.07, 6.45) is 4.65. The zero-order valence-electron chi connectivity index (χ0n) is 8.61. The molecular formula is C11H17NO2. The summed E-state index contributed by atoms with van der Waals surface area (Å²) in [4.78, 5) is 0. The van der Waals surface area contributed by atoms with E-state index in [2.05, 4.69) is 13.0 Å². The van der Waals surface area contributed by atoms with Gasteiger partial charge in [-0.15, -0.1) is 0 Å². The minimum atomic E-state index is 0.0266. The summed E-state index contributed by atoms with van der Waals surface area (Å²) in [5.41, 5.74) is 0. The lowest BCUT2D eigenvalue weighted by Crippen LogP contribution is -2.38. The maximum Gasteiger partial charge on any atom is 0.0994 e. The topological polar surface area (TPSA) is 42.2 Å². The first kappa shape index (κ1) is 9.95. The SMILES string of the molecule is CC1CCC(C2OCCCC2C#N)O1. The second-order valence-corrected chi connectivity index (χ2v) is 4.28. The Bertz CT molecular complexity index is 236. The highest BCUT2D eigenvalue weighted by molar-refractivity contribution is 4.96. The lowest BCUT2D eigenvalue weighted by Gasteiger charge is -2.31. The van der Waals surface area contributed by atoms with Crippen molar-refractivity contribution in [2.45, 2.75) is 50.9 Å². The van der Waals surface area contributed by atoms with Gasteiger partial charge in [-0.05, 0) is 32.6 Å². The van der Waals surface area contributed by atoms with Gasteiger partial charge in [-0.1, -0.05) is 0 Å². The lowest BCUT2D eigenvalue weighted by molar-refractivity contribution is -0.100. The van der Waals surface area contributed by atoms with Crippen molar-refractivity contribution in [3.8, 4) is 6.07 Å². The predicted octanol–water partition coefficient (Wildman–Crippen LogP) is 1.87. The molecule has 2 aliphatic rings. The highest BCUT2D eigenvalue weighted by atomic mass is 16.5. The zero-order chi connectivity index (χ0) is 9.97. The lowest BCUT2D eigenvalue weighted by atomic mass is 9.91. The standard InChI is InChI=1S/C11H17NO2/c1-8-4-5-10(14-8)11-9(7-12)3-2-6-13-11/h8-11H,2-6H2,1H3. The molecule has 78 valence electrons. The second kappa shape index (κ2) is 4.29. The monoisotopic (exact) mass is 195 g/mol. The normalized spacial score (nSPS) is 43.4. The number of rotatable bonds is 1. The molecule has 2 fully saturated rings. The third kappa shape index (κ3) is 1.92. The Morgan fingerprint density at radius 1 is 1.29 bits per heavy atom. The number of hydrogen-bond acceptors (Lipinski definition) is 3. The van der Waals surface area contributed by atoms with E-state index in [-0.39, 0.29) is 18.1 Å². The van der Waals surface area contributed by atoms with E-state index >= 15 is 0 Å². The van der Waals surface area contributed by atoms with Gasteiger partial charge in [0.15, 0.2) is 0 Å². The van der Waals surface area contributed by atoms with Crippen LogP contribution in [0.25, 0.3) is 0 Å². The van der Waals surface area contributed by atoms with E-state index in [9.17, 15) is 0 Å². The average molecular weight is 195 g/mol. The van der Waals surface area contributed by atoms with Crippen LogP contribution in [0.1, 0.15) is 32.6 Å². The maximum absolute atomic E-state index is 9.00. The van der Waals surface area contributed by atoms with Gasteiger partial charge in [0.1, 0.15) is 0 Å². The molecule has 4 atom stereocenters. The first-order valence-electron chi connectivity index (χ1n) is 5.48. The van der Waals surface area contributed by atoms with Crippen LogP contribution in [0, 0.1) is 17.2 Å². The zero-order valence-corrected chi connectivity index (χ0v) is 8.61. The Morgan fingerprint density at radius 3 is 2.79 bits per heavy atom. The first-order valence-corrected chi connectivity index (χ1v) is 5.48. The van der Waals surface area contributed by atoms with Gasteiger partial charge >= 0.3 is 0 Å². The average Bonchev–Trinajstić information content (AvgIpc) is 2.65. The summed E-state index contributed by atoms with van der Waals surface area (Å²) in [6.45, 7) is 2.88. The molecule has 0 aliphatic carbocycles. The number of ether oxygens (including phenoxy) is 2. The first-order chi connectivity index (χ1) is 6.81. The smallest absolute Gasteiger partial charge is 0.0994 e. The maximum atomic E-state index is 9.00. The fraction of sp³-hybridized carbons (Fsp3) is 0.909. The minimum absolute atomic E-state index is 0.0266. The van der Waals surface area contributed by atoms with Gasteiger partial charge in [0.2, 0.25) is 0 Å². The minimum Gasteiger partial charge on any atom is -0.374 e. The van der Waals surface area contributed by atoms with Gasteiger partial charge in [0.25, 0.3) is 0 Å². The van der Waals surface area contributed by atoms with Gasteiger partial charge in [-0.25, -0.2) is 0 Å². The summed E-state index contributed by atoms with van der Waals surface area (Å²) in [5, 5.41) is 9.00. The summed E-state index contributed by atoms with van der Waals surface area (Å²) in [7, 11) is 0. The largest absolute Gasteiger partial charge is 0.374 e. The Kier molecular flexibility index (Phi) is 3.05. The molecule has 0 N–H and O–H groups in total. The van der Waals surface area contributed by atoms with Crippen molar-refractivity contribution < 1.29 is 9.47 Å². The number of hydrogen-bond donors (Lipinski definition) is 0. The summed E-state index contributed by atoms with van der Waals surface area (Å²) < 4.78 is 11.4. The molecule has 2 heterocycles. The molecule has 2 aliphatic heterocycles. The fourth-order valence-corrected chi connectivity index (χ4v) is 2.38. The molecular weight excluding hydrogens is 178 g/mol. The Balaban J connectivity index is 1.97. The van der Waals surface area contributed by atoms with Crippen molar-refractivity contribution >= 4 is 0 Å². The summed E-state index contributed by atoms with van der Waals surface area (Å²) >= 11 is 0. The van der Waals surface area contributed by atoms with Crippen LogP contribution >= 0.6 is 0 Å². The van der Waals surface area contributed by atoms with Crippen LogP contribution in [0.15, 0.2) is 0 Å². The molecule has 3 heteroatoms. The van der Waals surface area contributed by atoms with Crippen LogP contribution in [-0.4, -0.2) is 24.9 Å². The van der Waals surface area contributed by atoms with Crippen molar-refractivity contribution in [2.75, 3.05) is 6.61 Å². The second-order valence-electron chi connectivity index (χ2n) is 4.28. The van der Waals surface area contributed by atoms with Crippen LogP contribution in [0.2, 0.25) is 0 Å². The molecule has 2 rings (SSSR count). The molecule has 2 saturated heterocycles. The van der Waals surface area contributed by atoms with E-state index in [0.29, 0.717) is 6.10 Å². The Labute approximate surface area is 85.0 Å². The van der Waals surface area contributed by atoms with Crippen molar-refractivity contribution in [3.05, 3.63) is 0 Å². The molecule has 0 aromatic heterocycles. The van der Waals surface area contributed by atoms with Crippen LogP contribution < -0.4 is 0 Å². The Hall–Kier alpha value is -0.590. The number of nitrogens with zero attached hydrogens (tertiary/aromatic N) is 1. The predicted molar refractivity (Wildman–Crippen MR) is 51.6 cm³/mol. The van der Waals surface area contributed by atoms with Gasteiger partial charge in [0.05, 0.1) is 30.3 Å². The number of nitriles is 1. The van der Waals surface area contributed by atoms with E-state index in [1.54, 1.807) is 0 Å². The van der Waals surface area contributed by atoms with Crippen molar-refractivity contribution in [1.82, 2.24) is 0 Å². The highest BCUT2D eigenvalue weighted by Crippen LogP contribution is 2.31. The van der Waals surface area contributed by atoms with Crippen LogP contribution in [0.5, 0.6) is 0 Å². The summed E-state index contributed by atoms with van der Waals surface area (Å²) in [5.74, 6) is 0.0408. The van der Waals surface area contributed by atoms with Gasteiger partial charge in [-0.3, -0.25) is 0 Å². The molecule has 0 bridgehead atoms. The summed E-state index contributed by atoms with van der Waals surface area (Å²) in [6, 6.07) is 2.34. The van der Waals surface area contributed by atoms with E-state index in [4.69, 9.17) is 14.7 Å². The molecule has 4 unspecified atom stereocenters. The van der Waals surface area contributed by atoms with Gasteiger partial charge in [0, 0.05) is 6.61 Å². The molecule has 0 aromatic carbocycles. The van der Waals surface area contributed by atoms with E-state index in [0.717, 1.165) is 32.3 Å². The molecule has 0 amide bonds. The van der Waals surface area contributed by atoms with Crippen LogP contribution in [-0.2, 0) is 9.47 Å². The van der Waals surface area contributed by atoms with Crippen molar-refractivity contribution in [2.24, 2.45) is 5.92 Å². The molecule has 0 spiro atoms. The third-order valence-electron chi connectivity index (χ3n) is 3.16. The molecule has 14 heavy (non-hydrogen) atoms. The van der Waals surface area contributed by atoms with E-state index < -0.39 is 0 Å². The van der Waals surface area contributed by atoms with Gasteiger partial charge in [-0.2, -0.15) is 5.26 Å². The van der Waals surface area contributed by atoms with Crippen LogP contribution in [0.3, 0.4) is 0 Å². The molecule has 3 nitrogen and oxygen atoms in total. The fourth-order valence-electron chi connectivity index (χ4n) is 2.38. The third-order valence-corrected chi connectivity index (χ3v) is 3.16. The Morgan fingerprint density at radius 2 is 2.14 bits per heavy atom. The van der Waals surface area contributed by atoms with Crippen molar-refractivity contribution in [3.63, 3.8) is 0 Å². The molecule has 0 aromatic rings. The highest BCUT2D eigenvalue weighted by Gasteiger charge is 2.37. The quantitative estimate of drug-likeness (QED) is 0.641. The van der Waals surface area contributed by atoms with Crippen LogP contribution in [0.4, 0.5) is 0 Å². The van der Waals surface area contributed by atoms with E-state index in [1.165, 1.54) is 0 Å².